The highest BCUT2D eigenvalue weighted by Gasteiger charge is 2.15. The molecule has 5 heteroatoms. The van der Waals surface area contributed by atoms with E-state index in [0.29, 0.717) is 11.3 Å². The molecule has 0 N–H and O–H groups in total. The van der Waals surface area contributed by atoms with E-state index in [0.717, 1.165) is 5.69 Å². The topological polar surface area (TPSA) is 58.7 Å². The van der Waals surface area contributed by atoms with Crippen LogP contribution < -0.4 is 4.90 Å². The zero-order valence-electron chi connectivity index (χ0n) is 13.2. The van der Waals surface area contributed by atoms with Crippen molar-refractivity contribution in [3.05, 3.63) is 63.2 Å². The van der Waals surface area contributed by atoms with Crippen LogP contribution in [0.1, 0.15) is 16.7 Å². The maximum Gasteiger partial charge on any atom is 0.293 e. The Labute approximate surface area is 130 Å². The highest BCUT2D eigenvalue weighted by Crippen LogP contribution is 2.27. The van der Waals surface area contributed by atoms with Gasteiger partial charge in [-0.2, -0.15) is 0 Å². The van der Waals surface area contributed by atoms with Gasteiger partial charge in [0.1, 0.15) is 5.69 Å². The van der Waals surface area contributed by atoms with Crippen LogP contribution in [0, 0.1) is 24.0 Å². The van der Waals surface area contributed by atoms with E-state index < -0.39 is 0 Å². The van der Waals surface area contributed by atoms with Crippen LogP contribution in [0.15, 0.2) is 41.4 Å². The third-order valence-electron chi connectivity index (χ3n) is 3.53. The van der Waals surface area contributed by atoms with Gasteiger partial charge in [0, 0.05) is 26.4 Å². The minimum atomic E-state index is -0.372. The first-order valence-corrected chi connectivity index (χ1v) is 6.95. The standard InChI is InChI=1S/C17H19N3O2/c1-12-5-7-15(9-13(12)2)18-11-14-6-8-16(19(3)4)17(10-14)20(21)22/h5-11H,1-4H3. The number of aliphatic imine (C=N–C) groups is 1. The maximum atomic E-state index is 11.2. The molecule has 0 saturated carbocycles. The first kappa shape index (κ1) is 15.7. The third-order valence-corrected chi connectivity index (χ3v) is 3.53. The van der Waals surface area contributed by atoms with Crippen LogP contribution in [-0.2, 0) is 0 Å². The molecular weight excluding hydrogens is 278 g/mol. The van der Waals surface area contributed by atoms with E-state index in [1.807, 2.05) is 38.1 Å². The second-order valence-electron chi connectivity index (χ2n) is 5.43. The molecule has 0 unspecified atom stereocenters. The summed E-state index contributed by atoms with van der Waals surface area (Å²) >= 11 is 0. The molecule has 0 heterocycles. The molecule has 0 spiro atoms. The Morgan fingerprint density at radius 2 is 1.82 bits per heavy atom. The number of nitro benzene ring substituents is 1. The fourth-order valence-electron chi connectivity index (χ4n) is 2.10. The Morgan fingerprint density at radius 3 is 2.41 bits per heavy atom. The Balaban J connectivity index is 2.33. The lowest BCUT2D eigenvalue weighted by molar-refractivity contribution is -0.384. The van der Waals surface area contributed by atoms with Gasteiger partial charge in [-0.05, 0) is 48.7 Å². The van der Waals surface area contributed by atoms with Gasteiger partial charge in [0.15, 0.2) is 0 Å². The number of aryl methyl sites for hydroxylation is 2. The molecule has 0 aliphatic rings. The summed E-state index contributed by atoms with van der Waals surface area (Å²) in [5.74, 6) is 0. The summed E-state index contributed by atoms with van der Waals surface area (Å²) < 4.78 is 0. The summed E-state index contributed by atoms with van der Waals surface area (Å²) in [5, 5.41) is 11.2. The number of hydrogen-bond donors (Lipinski definition) is 0. The number of anilines is 1. The van der Waals surface area contributed by atoms with Crippen LogP contribution in [0.25, 0.3) is 0 Å². The fourth-order valence-corrected chi connectivity index (χ4v) is 2.10. The minimum Gasteiger partial charge on any atom is -0.372 e. The number of nitro groups is 1. The lowest BCUT2D eigenvalue weighted by atomic mass is 10.1. The van der Waals surface area contributed by atoms with E-state index in [1.165, 1.54) is 11.1 Å². The predicted molar refractivity (Wildman–Crippen MR) is 90.6 cm³/mol. The van der Waals surface area contributed by atoms with Crippen LogP contribution in [-0.4, -0.2) is 25.2 Å². The summed E-state index contributed by atoms with van der Waals surface area (Å²) in [4.78, 5) is 16.9. The molecule has 0 aliphatic heterocycles. The molecule has 22 heavy (non-hydrogen) atoms. The first-order valence-electron chi connectivity index (χ1n) is 6.95. The Hall–Kier alpha value is -2.69. The fraction of sp³-hybridized carbons (Fsp3) is 0.235. The Kier molecular flexibility index (Phi) is 4.56. The van der Waals surface area contributed by atoms with Crippen LogP contribution in [0.5, 0.6) is 0 Å². The van der Waals surface area contributed by atoms with Crippen LogP contribution in [0.4, 0.5) is 17.1 Å². The number of benzene rings is 2. The van der Waals surface area contributed by atoms with E-state index in [1.54, 1.807) is 37.3 Å². The molecular formula is C17H19N3O2. The molecule has 0 saturated heterocycles. The molecule has 0 bridgehead atoms. The number of nitrogens with zero attached hydrogens (tertiary/aromatic N) is 3. The lowest BCUT2D eigenvalue weighted by Gasteiger charge is -2.12. The molecule has 2 aromatic carbocycles. The molecule has 0 aliphatic carbocycles. The van der Waals surface area contributed by atoms with Crippen molar-refractivity contribution < 1.29 is 4.92 Å². The van der Waals surface area contributed by atoms with Crippen molar-refractivity contribution in [1.82, 2.24) is 0 Å². The molecule has 2 aromatic rings. The Bertz CT molecular complexity index is 737. The highest BCUT2D eigenvalue weighted by molar-refractivity contribution is 5.85. The predicted octanol–water partition coefficient (Wildman–Crippen LogP) is 4.03. The smallest absolute Gasteiger partial charge is 0.293 e. The van der Waals surface area contributed by atoms with Gasteiger partial charge in [-0.1, -0.05) is 12.1 Å². The second kappa shape index (κ2) is 6.39. The molecule has 5 nitrogen and oxygen atoms in total. The molecule has 0 aromatic heterocycles. The van der Waals surface area contributed by atoms with Gasteiger partial charge < -0.3 is 4.90 Å². The maximum absolute atomic E-state index is 11.2. The van der Waals surface area contributed by atoms with E-state index >= 15 is 0 Å². The summed E-state index contributed by atoms with van der Waals surface area (Å²) in [5.41, 5.74) is 4.58. The van der Waals surface area contributed by atoms with Crippen molar-refractivity contribution in [3.8, 4) is 0 Å². The minimum absolute atomic E-state index is 0.0778. The van der Waals surface area contributed by atoms with Crippen LogP contribution in [0.3, 0.4) is 0 Å². The molecule has 114 valence electrons. The molecule has 0 amide bonds. The largest absolute Gasteiger partial charge is 0.372 e. The SMILES string of the molecule is Cc1ccc(N=Cc2ccc(N(C)C)c([N+](=O)[O-])c2)cc1C. The normalized spacial score (nSPS) is 10.9. The van der Waals surface area contributed by atoms with Gasteiger partial charge in [-0.3, -0.25) is 15.1 Å². The first-order chi connectivity index (χ1) is 10.4. The average Bonchev–Trinajstić information content (AvgIpc) is 2.48. The van der Waals surface area contributed by atoms with Crippen molar-refractivity contribution in [2.45, 2.75) is 13.8 Å². The van der Waals surface area contributed by atoms with Crippen molar-refractivity contribution in [2.75, 3.05) is 19.0 Å². The Morgan fingerprint density at radius 1 is 1.09 bits per heavy atom. The third kappa shape index (κ3) is 3.49. The number of hydrogen-bond acceptors (Lipinski definition) is 4. The van der Waals surface area contributed by atoms with E-state index in [-0.39, 0.29) is 10.6 Å². The van der Waals surface area contributed by atoms with Gasteiger partial charge in [0.25, 0.3) is 5.69 Å². The van der Waals surface area contributed by atoms with Gasteiger partial charge in [-0.25, -0.2) is 0 Å². The van der Waals surface area contributed by atoms with Crippen LogP contribution in [0.2, 0.25) is 0 Å². The number of rotatable bonds is 4. The average molecular weight is 297 g/mol. The van der Waals surface area contributed by atoms with Crippen molar-refractivity contribution in [3.63, 3.8) is 0 Å². The van der Waals surface area contributed by atoms with Crippen molar-refractivity contribution in [1.29, 1.82) is 0 Å². The summed E-state index contributed by atoms with van der Waals surface area (Å²) in [6, 6.07) is 11.0. The molecule has 0 radical (unpaired) electrons. The van der Waals surface area contributed by atoms with Gasteiger partial charge in [-0.15, -0.1) is 0 Å². The van der Waals surface area contributed by atoms with Gasteiger partial charge in [0.05, 0.1) is 10.6 Å². The summed E-state index contributed by atoms with van der Waals surface area (Å²) in [7, 11) is 3.57. The van der Waals surface area contributed by atoms with Crippen molar-refractivity contribution >= 4 is 23.3 Å². The van der Waals surface area contributed by atoms with Crippen LogP contribution >= 0.6 is 0 Å². The van der Waals surface area contributed by atoms with E-state index in [2.05, 4.69) is 4.99 Å². The van der Waals surface area contributed by atoms with E-state index in [4.69, 9.17) is 0 Å². The lowest BCUT2D eigenvalue weighted by Crippen LogP contribution is -2.11. The highest BCUT2D eigenvalue weighted by atomic mass is 16.6. The molecule has 2 rings (SSSR count). The molecule has 0 fully saturated rings. The second-order valence-corrected chi connectivity index (χ2v) is 5.43. The van der Waals surface area contributed by atoms with E-state index in [9.17, 15) is 10.1 Å². The van der Waals surface area contributed by atoms with Gasteiger partial charge >= 0.3 is 0 Å². The van der Waals surface area contributed by atoms with Gasteiger partial charge in [0.2, 0.25) is 0 Å². The zero-order valence-corrected chi connectivity index (χ0v) is 13.2. The zero-order chi connectivity index (χ0) is 16.3. The molecule has 0 atom stereocenters. The summed E-state index contributed by atoms with van der Waals surface area (Å²) in [6.45, 7) is 4.08. The van der Waals surface area contributed by atoms with Crippen molar-refractivity contribution in [2.24, 2.45) is 4.99 Å². The monoisotopic (exact) mass is 297 g/mol. The summed E-state index contributed by atoms with van der Waals surface area (Å²) in [6.07, 6.45) is 1.65. The quantitative estimate of drug-likeness (QED) is 0.486.